The summed E-state index contributed by atoms with van der Waals surface area (Å²) in [6.07, 6.45) is 1.72. The molecular formula is C19H24N2O. The Morgan fingerprint density at radius 1 is 1.00 bits per heavy atom. The highest BCUT2D eigenvalue weighted by atomic mass is 16.3. The summed E-state index contributed by atoms with van der Waals surface area (Å²) in [5, 5.41) is 10.4. The predicted molar refractivity (Wildman–Crippen MR) is 94.8 cm³/mol. The first kappa shape index (κ1) is 16.1. The summed E-state index contributed by atoms with van der Waals surface area (Å²) in [5.41, 5.74) is 3.58. The maximum Gasteiger partial charge on any atom is 0.128 e. The molecular weight excluding hydrogens is 272 g/mol. The zero-order valence-electron chi connectivity index (χ0n) is 14.0. The van der Waals surface area contributed by atoms with E-state index < -0.39 is 0 Å². The summed E-state index contributed by atoms with van der Waals surface area (Å²) in [7, 11) is 4.02. The third kappa shape index (κ3) is 3.67. The molecule has 0 aliphatic rings. The van der Waals surface area contributed by atoms with Crippen LogP contribution in [0, 0.1) is 0 Å². The number of phenolic OH excluding ortho intramolecular Hbond substituents is 1. The molecule has 0 fully saturated rings. The summed E-state index contributed by atoms with van der Waals surface area (Å²) in [6, 6.07) is 13.8. The van der Waals surface area contributed by atoms with Crippen LogP contribution in [0.15, 0.2) is 47.5 Å². The van der Waals surface area contributed by atoms with Gasteiger partial charge in [0.1, 0.15) is 5.75 Å². The van der Waals surface area contributed by atoms with Gasteiger partial charge in [-0.25, -0.2) is 0 Å². The number of nitrogens with zero attached hydrogens (tertiary/aromatic N) is 2. The van der Waals surface area contributed by atoms with Gasteiger partial charge in [0, 0.05) is 31.6 Å². The number of phenols is 1. The topological polar surface area (TPSA) is 35.8 Å². The zero-order chi connectivity index (χ0) is 16.3. The monoisotopic (exact) mass is 296 g/mol. The molecule has 0 amide bonds. The van der Waals surface area contributed by atoms with Crippen LogP contribution >= 0.6 is 0 Å². The zero-order valence-corrected chi connectivity index (χ0v) is 14.0. The Kier molecular flexibility index (Phi) is 4.55. The Labute approximate surface area is 132 Å². The van der Waals surface area contributed by atoms with E-state index >= 15 is 0 Å². The molecule has 116 valence electrons. The molecule has 0 atom stereocenters. The number of benzene rings is 2. The smallest absolute Gasteiger partial charge is 0.128 e. The number of hydrogen-bond acceptors (Lipinski definition) is 3. The lowest BCUT2D eigenvalue weighted by Crippen LogP contribution is -2.11. The van der Waals surface area contributed by atoms with Crippen LogP contribution in [0.3, 0.4) is 0 Å². The van der Waals surface area contributed by atoms with E-state index in [9.17, 15) is 5.11 Å². The molecule has 0 spiro atoms. The lowest BCUT2D eigenvalue weighted by atomic mass is 9.85. The van der Waals surface area contributed by atoms with Crippen molar-refractivity contribution in [2.45, 2.75) is 26.2 Å². The van der Waals surface area contributed by atoms with Crippen molar-refractivity contribution in [3.05, 3.63) is 53.6 Å². The first-order chi connectivity index (χ1) is 10.3. The minimum atomic E-state index is -0.0959. The summed E-state index contributed by atoms with van der Waals surface area (Å²) in [6.45, 7) is 6.26. The minimum Gasteiger partial charge on any atom is -0.507 e. The van der Waals surface area contributed by atoms with E-state index in [-0.39, 0.29) is 5.41 Å². The number of hydrogen-bond donors (Lipinski definition) is 1. The van der Waals surface area contributed by atoms with Crippen LogP contribution in [0.5, 0.6) is 5.75 Å². The van der Waals surface area contributed by atoms with Crippen LogP contribution in [-0.4, -0.2) is 25.4 Å². The van der Waals surface area contributed by atoms with Gasteiger partial charge in [-0.05, 0) is 41.3 Å². The average Bonchev–Trinajstić information content (AvgIpc) is 2.45. The molecule has 0 radical (unpaired) electrons. The highest BCUT2D eigenvalue weighted by Gasteiger charge is 2.18. The van der Waals surface area contributed by atoms with Crippen LogP contribution in [0.25, 0.3) is 0 Å². The van der Waals surface area contributed by atoms with Crippen LogP contribution in [0.2, 0.25) is 0 Å². The number of rotatable bonds is 3. The fourth-order valence-electron chi connectivity index (χ4n) is 2.25. The summed E-state index contributed by atoms with van der Waals surface area (Å²) < 4.78 is 0. The van der Waals surface area contributed by atoms with E-state index in [1.807, 2.05) is 61.5 Å². The maximum absolute atomic E-state index is 10.4. The van der Waals surface area contributed by atoms with Gasteiger partial charge in [-0.2, -0.15) is 0 Å². The van der Waals surface area contributed by atoms with Gasteiger partial charge in [0.05, 0.1) is 5.69 Å². The second-order valence-corrected chi connectivity index (χ2v) is 6.66. The second-order valence-electron chi connectivity index (χ2n) is 6.66. The van der Waals surface area contributed by atoms with Gasteiger partial charge in [0.15, 0.2) is 0 Å². The lowest BCUT2D eigenvalue weighted by Gasteiger charge is -2.21. The fraction of sp³-hybridized carbons (Fsp3) is 0.316. The van der Waals surface area contributed by atoms with E-state index in [0.29, 0.717) is 5.75 Å². The SMILES string of the molecule is CN(C)c1ccc(N=Cc2cccc(C(C)(C)C)c2O)cc1. The van der Waals surface area contributed by atoms with Crippen LogP contribution < -0.4 is 4.90 Å². The van der Waals surface area contributed by atoms with Crippen molar-refractivity contribution in [2.75, 3.05) is 19.0 Å². The van der Waals surface area contributed by atoms with Crippen molar-refractivity contribution in [3.63, 3.8) is 0 Å². The molecule has 0 aliphatic carbocycles. The van der Waals surface area contributed by atoms with Crippen LogP contribution in [0.4, 0.5) is 11.4 Å². The lowest BCUT2D eigenvalue weighted by molar-refractivity contribution is 0.446. The Morgan fingerprint density at radius 3 is 2.18 bits per heavy atom. The molecule has 2 aromatic rings. The van der Waals surface area contributed by atoms with Crippen molar-refractivity contribution < 1.29 is 5.11 Å². The average molecular weight is 296 g/mol. The third-order valence-electron chi connectivity index (χ3n) is 3.59. The van der Waals surface area contributed by atoms with Crippen molar-refractivity contribution in [1.29, 1.82) is 0 Å². The number of aliphatic imine (C=N–C) groups is 1. The molecule has 0 unspecified atom stereocenters. The maximum atomic E-state index is 10.4. The minimum absolute atomic E-state index is 0.0959. The van der Waals surface area contributed by atoms with Gasteiger partial charge in [-0.15, -0.1) is 0 Å². The summed E-state index contributed by atoms with van der Waals surface area (Å²) in [5.74, 6) is 0.309. The van der Waals surface area contributed by atoms with Gasteiger partial charge in [-0.1, -0.05) is 32.9 Å². The van der Waals surface area contributed by atoms with Gasteiger partial charge in [0.25, 0.3) is 0 Å². The first-order valence-electron chi connectivity index (χ1n) is 7.43. The Balaban J connectivity index is 2.27. The first-order valence-corrected chi connectivity index (χ1v) is 7.43. The molecule has 2 aromatic carbocycles. The molecule has 3 heteroatoms. The standard InChI is InChI=1S/C19H24N2O/c1-19(2,3)17-8-6-7-14(18(17)22)13-20-15-9-11-16(12-10-15)21(4)5/h6-13,22H,1-5H3. The number of anilines is 1. The Bertz CT molecular complexity index is 665. The van der Waals surface area contributed by atoms with Crippen LogP contribution in [0.1, 0.15) is 31.9 Å². The summed E-state index contributed by atoms with van der Waals surface area (Å²) >= 11 is 0. The van der Waals surface area contributed by atoms with Crippen LogP contribution in [-0.2, 0) is 5.41 Å². The molecule has 0 aromatic heterocycles. The Morgan fingerprint density at radius 2 is 1.64 bits per heavy atom. The summed E-state index contributed by atoms with van der Waals surface area (Å²) in [4.78, 5) is 6.51. The molecule has 2 rings (SSSR count). The van der Waals surface area contributed by atoms with Crippen molar-refractivity contribution in [2.24, 2.45) is 4.99 Å². The van der Waals surface area contributed by atoms with E-state index in [1.165, 1.54) is 0 Å². The number of aromatic hydroxyl groups is 1. The second kappa shape index (κ2) is 6.22. The molecule has 1 N–H and O–H groups in total. The predicted octanol–water partition coefficient (Wildman–Crippen LogP) is 4.51. The molecule has 0 heterocycles. The molecule has 0 bridgehead atoms. The third-order valence-corrected chi connectivity index (χ3v) is 3.59. The largest absolute Gasteiger partial charge is 0.507 e. The Hall–Kier alpha value is -2.29. The number of para-hydroxylation sites is 1. The quantitative estimate of drug-likeness (QED) is 0.846. The van der Waals surface area contributed by atoms with Crippen molar-refractivity contribution >= 4 is 17.6 Å². The fourth-order valence-corrected chi connectivity index (χ4v) is 2.25. The van der Waals surface area contributed by atoms with Gasteiger partial charge in [0.2, 0.25) is 0 Å². The van der Waals surface area contributed by atoms with Gasteiger partial charge in [-0.3, -0.25) is 4.99 Å². The highest BCUT2D eigenvalue weighted by molar-refractivity contribution is 5.86. The van der Waals surface area contributed by atoms with Crippen molar-refractivity contribution in [3.8, 4) is 5.75 Å². The molecule has 3 nitrogen and oxygen atoms in total. The highest BCUT2D eigenvalue weighted by Crippen LogP contribution is 2.32. The molecule has 0 aliphatic heterocycles. The van der Waals surface area contributed by atoms with E-state index in [2.05, 4.69) is 25.8 Å². The van der Waals surface area contributed by atoms with E-state index in [4.69, 9.17) is 0 Å². The molecule has 0 saturated carbocycles. The molecule has 0 saturated heterocycles. The van der Waals surface area contributed by atoms with Crippen molar-refractivity contribution in [1.82, 2.24) is 0 Å². The van der Waals surface area contributed by atoms with E-state index in [0.717, 1.165) is 22.5 Å². The van der Waals surface area contributed by atoms with Gasteiger partial charge >= 0.3 is 0 Å². The normalized spacial score (nSPS) is 11.9. The van der Waals surface area contributed by atoms with E-state index in [1.54, 1.807) is 6.21 Å². The van der Waals surface area contributed by atoms with Gasteiger partial charge < -0.3 is 10.0 Å². The molecule has 22 heavy (non-hydrogen) atoms.